The minimum Gasteiger partial charge on any atom is -0.481 e. The summed E-state index contributed by atoms with van der Waals surface area (Å²) in [6, 6.07) is 0. The third-order valence-electron chi connectivity index (χ3n) is 2.79. The molecule has 2 N–H and O–H groups in total. The van der Waals surface area contributed by atoms with Gasteiger partial charge in [0.25, 0.3) is 0 Å². The van der Waals surface area contributed by atoms with Gasteiger partial charge in [-0.3, -0.25) is 9.69 Å². The minimum absolute atomic E-state index is 0.131. The summed E-state index contributed by atoms with van der Waals surface area (Å²) < 4.78 is 0. The Morgan fingerprint density at radius 3 is 3.06 bits per heavy atom. The highest BCUT2D eigenvalue weighted by Gasteiger charge is 2.18. The maximum Gasteiger partial charge on any atom is 0.311 e. The highest BCUT2D eigenvalue weighted by Crippen LogP contribution is 2.16. The van der Waals surface area contributed by atoms with Crippen molar-refractivity contribution in [1.82, 2.24) is 14.9 Å². The number of hydrogen-bond donors (Lipinski definition) is 2. The van der Waals surface area contributed by atoms with Gasteiger partial charge in [0.05, 0.1) is 6.61 Å². The quantitative estimate of drug-likeness (QED) is 0.731. The molecule has 0 aromatic carbocycles. The van der Waals surface area contributed by atoms with Gasteiger partial charge in [-0.15, -0.1) is 0 Å². The van der Waals surface area contributed by atoms with E-state index in [-0.39, 0.29) is 13.0 Å². The summed E-state index contributed by atoms with van der Waals surface area (Å²) in [5, 5.41) is 17.5. The molecule has 0 saturated heterocycles. The molecule has 17 heavy (non-hydrogen) atoms. The lowest BCUT2D eigenvalue weighted by molar-refractivity contribution is -0.136. The second-order valence-corrected chi connectivity index (χ2v) is 4.08. The molecule has 6 heteroatoms. The number of rotatable bonds is 4. The van der Waals surface area contributed by atoms with Crippen LogP contribution < -0.4 is 0 Å². The Hall–Kier alpha value is -1.53. The predicted molar refractivity (Wildman–Crippen MR) is 59.4 cm³/mol. The normalized spacial score (nSPS) is 15.6. The fraction of sp³-hybridized carbons (Fsp3) is 0.545. The number of carboxylic acids is 1. The average Bonchev–Trinajstić information content (AvgIpc) is 2.29. The van der Waals surface area contributed by atoms with E-state index in [1.165, 1.54) is 0 Å². The van der Waals surface area contributed by atoms with Crippen LogP contribution in [0.25, 0.3) is 0 Å². The molecule has 1 aromatic heterocycles. The molecule has 1 aliphatic heterocycles. The number of carboxylic acid groups (broad SMARTS) is 1. The van der Waals surface area contributed by atoms with Crippen LogP contribution in [-0.2, 0) is 24.2 Å². The van der Waals surface area contributed by atoms with Crippen molar-refractivity contribution in [2.75, 3.05) is 19.7 Å². The number of fused-ring (bicyclic) bond motifs is 1. The number of hydrogen-bond acceptors (Lipinski definition) is 5. The van der Waals surface area contributed by atoms with Gasteiger partial charge >= 0.3 is 5.97 Å². The van der Waals surface area contributed by atoms with Gasteiger partial charge in [-0.25, -0.2) is 9.97 Å². The number of nitrogens with zero attached hydrogens (tertiary/aromatic N) is 3. The van der Waals surface area contributed by atoms with Gasteiger partial charge in [0.2, 0.25) is 0 Å². The van der Waals surface area contributed by atoms with Gasteiger partial charge in [0.1, 0.15) is 12.2 Å². The highest BCUT2D eigenvalue weighted by atomic mass is 16.4. The van der Waals surface area contributed by atoms with Crippen molar-refractivity contribution < 1.29 is 15.0 Å². The van der Waals surface area contributed by atoms with Crippen LogP contribution in [0.3, 0.4) is 0 Å². The van der Waals surface area contributed by atoms with Crippen LogP contribution in [0.1, 0.15) is 17.1 Å². The molecular weight excluding hydrogens is 222 g/mol. The van der Waals surface area contributed by atoms with Crippen LogP contribution in [0.15, 0.2) is 6.20 Å². The van der Waals surface area contributed by atoms with Crippen LogP contribution in [0, 0.1) is 0 Å². The van der Waals surface area contributed by atoms with E-state index in [9.17, 15) is 4.79 Å². The van der Waals surface area contributed by atoms with Gasteiger partial charge in [-0.1, -0.05) is 0 Å². The molecule has 0 fully saturated rings. The summed E-state index contributed by atoms with van der Waals surface area (Å²) in [4.78, 5) is 21.0. The monoisotopic (exact) mass is 237 g/mol. The zero-order valence-electron chi connectivity index (χ0n) is 9.46. The standard InChI is InChI=1S/C11H15N3O3/c15-4-3-14-2-1-9-8(7-14)6-12-10(13-9)5-11(16)17/h6,15H,1-5,7H2,(H,16,17). The van der Waals surface area contributed by atoms with E-state index >= 15 is 0 Å². The topological polar surface area (TPSA) is 86.5 Å². The first-order valence-corrected chi connectivity index (χ1v) is 5.57. The van der Waals surface area contributed by atoms with E-state index in [2.05, 4.69) is 14.9 Å². The lowest BCUT2D eigenvalue weighted by Gasteiger charge is -2.27. The number of aliphatic carboxylic acids is 1. The highest BCUT2D eigenvalue weighted by molar-refractivity contribution is 5.68. The lowest BCUT2D eigenvalue weighted by atomic mass is 10.1. The fourth-order valence-electron chi connectivity index (χ4n) is 1.97. The van der Waals surface area contributed by atoms with Gasteiger partial charge in [-0.05, 0) is 0 Å². The third-order valence-corrected chi connectivity index (χ3v) is 2.79. The molecule has 0 radical (unpaired) electrons. The second kappa shape index (κ2) is 5.20. The van der Waals surface area contributed by atoms with Crippen molar-refractivity contribution in [3.8, 4) is 0 Å². The molecule has 0 amide bonds. The van der Waals surface area contributed by atoms with Crippen molar-refractivity contribution in [3.63, 3.8) is 0 Å². The van der Waals surface area contributed by atoms with E-state index in [1.54, 1.807) is 6.20 Å². The molecule has 2 rings (SSSR count). The summed E-state index contributed by atoms with van der Waals surface area (Å²) in [5.41, 5.74) is 1.96. The van der Waals surface area contributed by atoms with Crippen LogP contribution in [0.2, 0.25) is 0 Å². The molecule has 0 atom stereocenters. The molecule has 1 aromatic rings. The summed E-state index contributed by atoms with van der Waals surface area (Å²) in [7, 11) is 0. The molecular formula is C11H15N3O3. The van der Waals surface area contributed by atoms with Crippen LogP contribution in [0.5, 0.6) is 0 Å². The molecule has 0 spiro atoms. The third kappa shape index (κ3) is 2.98. The molecule has 92 valence electrons. The van der Waals surface area contributed by atoms with Gasteiger partial charge in [0, 0.05) is 43.5 Å². The van der Waals surface area contributed by atoms with Crippen molar-refractivity contribution >= 4 is 5.97 Å². The molecule has 6 nitrogen and oxygen atoms in total. The Kier molecular flexibility index (Phi) is 3.65. The maximum absolute atomic E-state index is 10.6. The van der Waals surface area contributed by atoms with Gasteiger partial charge < -0.3 is 10.2 Å². The Morgan fingerprint density at radius 2 is 2.35 bits per heavy atom. The van der Waals surface area contributed by atoms with Crippen LogP contribution in [-0.4, -0.2) is 50.7 Å². The number of aromatic nitrogens is 2. The summed E-state index contributed by atoms with van der Waals surface area (Å²) in [5.74, 6) is -0.547. The van der Waals surface area contributed by atoms with Crippen LogP contribution >= 0.6 is 0 Å². The molecule has 0 saturated carbocycles. The predicted octanol–water partition coefficient (Wildman–Crippen LogP) is -0.546. The Balaban J connectivity index is 2.11. The van der Waals surface area contributed by atoms with Crippen molar-refractivity contribution in [1.29, 1.82) is 0 Å². The first-order valence-electron chi connectivity index (χ1n) is 5.57. The molecule has 0 aliphatic carbocycles. The SMILES string of the molecule is O=C(O)Cc1ncc2c(n1)CCN(CCO)C2. The number of β-amino-alcohol motifs (C(OH)–C–C–N with tert-alkyl or cyclic N) is 1. The largest absolute Gasteiger partial charge is 0.481 e. The minimum atomic E-state index is -0.914. The second-order valence-electron chi connectivity index (χ2n) is 4.08. The van der Waals surface area contributed by atoms with Gasteiger partial charge in [-0.2, -0.15) is 0 Å². The molecule has 2 heterocycles. The number of aliphatic hydroxyl groups is 1. The van der Waals surface area contributed by atoms with Crippen molar-refractivity contribution in [3.05, 3.63) is 23.3 Å². The Bertz CT molecular complexity index is 422. The van der Waals surface area contributed by atoms with Crippen molar-refractivity contribution in [2.24, 2.45) is 0 Å². The molecule has 0 bridgehead atoms. The Labute approximate surface area is 98.9 Å². The van der Waals surface area contributed by atoms with E-state index in [0.717, 1.165) is 30.8 Å². The lowest BCUT2D eigenvalue weighted by Crippen LogP contribution is -2.33. The smallest absolute Gasteiger partial charge is 0.311 e. The first kappa shape index (κ1) is 11.9. The molecule has 1 aliphatic rings. The maximum atomic E-state index is 10.6. The fourth-order valence-corrected chi connectivity index (χ4v) is 1.97. The average molecular weight is 237 g/mol. The zero-order chi connectivity index (χ0) is 12.3. The Morgan fingerprint density at radius 1 is 1.53 bits per heavy atom. The summed E-state index contributed by atoms with van der Waals surface area (Å²) in [6.45, 7) is 2.37. The summed E-state index contributed by atoms with van der Waals surface area (Å²) in [6.07, 6.45) is 2.35. The number of carbonyl (C=O) groups is 1. The number of aliphatic hydroxyl groups excluding tert-OH is 1. The first-order chi connectivity index (χ1) is 8.19. The van der Waals surface area contributed by atoms with E-state index < -0.39 is 5.97 Å². The van der Waals surface area contributed by atoms with E-state index in [1.807, 2.05) is 0 Å². The van der Waals surface area contributed by atoms with Gasteiger partial charge in [0.15, 0.2) is 0 Å². The van der Waals surface area contributed by atoms with Crippen LogP contribution in [0.4, 0.5) is 0 Å². The van der Waals surface area contributed by atoms with E-state index in [4.69, 9.17) is 10.2 Å². The van der Waals surface area contributed by atoms with E-state index in [0.29, 0.717) is 12.4 Å². The summed E-state index contributed by atoms with van der Waals surface area (Å²) >= 11 is 0. The molecule has 0 unspecified atom stereocenters. The van der Waals surface area contributed by atoms with Crippen molar-refractivity contribution in [2.45, 2.75) is 19.4 Å². The zero-order valence-corrected chi connectivity index (χ0v) is 9.46.